The number of pyridine rings is 2. The van der Waals surface area contributed by atoms with Crippen LogP contribution in [-0.4, -0.2) is 37.0 Å². The number of aromatic carboxylic acids is 1. The summed E-state index contributed by atoms with van der Waals surface area (Å²) in [5, 5.41) is 12.6. The molecular weight excluding hydrogens is 396 g/mol. The number of carboxylic acids is 1. The van der Waals surface area contributed by atoms with E-state index in [4.69, 9.17) is 4.74 Å². The lowest BCUT2D eigenvalue weighted by Crippen LogP contribution is -2.34. The average molecular weight is 406 g/mol. The minimum atomic E-state index is -1.12. The molecule has 0 spiro atoms. The van der Waals surface area contributed by atoms with Gasteiger partial charge in [-0.3, -0.25) is 0 Å². The Morgan fingerprint density at radius 1 is 1.10 bits per heavy atom. The van der Waals surface area contributed by atoms with Gasteiger partial charge in [-0.25, -0.2) is 34.4 Å². The Morgan fingerprint density at radius 2 is 1.93 bits per heavy atom. The van der Waals surface area contributed by atoms with Crippen LogP contribution in [0.15, 0.2) is 49.3 Å². The molecule has 4 aromatic heterocycles. The number of nitrogens with one attached hydrogen (secondary N) is 1. The van der Waals surface area contributed by atoms with Gasteiger partial charge in [-0.05, 0) is 18.2 Å². The van der Waals surface area contributed by atoms with Crippen molar-refractivity contribution in [1.29, 1.82) is 0 Å². The van der Waals surface area contributed by atoms with Crippen molar-refractivity contribution in [3.63, 3.8) is 0 Å². The lowest BCUT2D eigenvalue weighted by Gasteiger charge is -2.27. The average Bonchev–Trinajstić information content (AvgIpc) is 3.10. The number of nitrogens with zero attached hydrogens (tertiary/aromatic N) is 5. The number of carbonyl (C=O) groups excluding carboxylic acids is 1. The zero-order valence-electron chi connectivity index (χ0n) is 14.4. The molecule has 0 bridgehead atoms. The first-order chi connectivity index (χ1) is 14.1. The first-order valence-corrected chi connectivity index (χ1v) is 9.08. The fourth-order valence-electron chi connectivity index (χ4n) is 3.00. The van der Waals surface area contributed by atoms with Gasteiger partial charge in [0, 0.05) is 6.20 Å². The number of anilines is 3. The Bertz CT molecular complexity index is 1260. The third-order valence-corrected chi connectivity index (χ3v) is 5.25. The van der Waals surface area contributed by atoms with Crippen molar-refractivity contribution in [2.45, 2.75) is 0 Å². The van der Waals surface area contributed by atoms with Gasteiger partial charge in [0.15, 0.2) is 5.75 Å². The van der Waals surface area contributed by atoms with E-state index in [-0.39, 0.29) is 10.6 Å². The maximum absolute atomic E-state index is 12.8. The first-order valence-electron chi connectivity index (χ1n) is 8.26. The minimum absolute atomic E-state index is 0.0368. The number of carboxylic acid groups (broad SMARTS) is 1. The summed E-state index contributed by atoms with van der Waals surface area (Å²) in [5.41, 5.74) is 0.765. The second-order valence-electron chi connectivity index (χ2n) is 5.92. The second kappa shape index (κ2) is 6.49. The number of thiophene rings is 1. The summed E-state index contributed by atoms with van der Waals surface area (Å²) in [7, 11) is 0. The molecule has 0 atom stereocenters. The van der Waals surface area contributed by atoms with Crippen molar-refractivity contribution in [3.05, 3.63) is 54.2 Å². The fourth-order valence-corrected chi connectivity index (χ4v) is 3.96. The number of hydrogen-bond donors (Lipinski definition) is 2. The van der Waals surface area contributed by atoms with Crippen LogP contribution in [0, 0.1) is 0 Å². The largest absolute Gasteiger partial charge is 0.477 e. The first kappa shape index (κ1) is 17.0. The highest BCUT2D eigenvalue weighted by Gasteiger charge is 2.33. The molecule has 1 aliphatic heterocycles. The molecule has 29 heavy (non-hydrogen) atoms. The smallest absolute Gasteiger partial charge is 0.348 e. The van der Waals surface area contributed by atoms with E-state index in [1.807, 2.05) is 0 Å². The number of amides is 2. The topological polar surface area (TPSA) is 130 Å². The van der Waals surface area contributed by atoms with Crippen molar-refractivity contribution >= 4 is 50.7 Å². The van der Waals surface area contributed by atoms with Gasteiger partial charge in [0.05, 0.1) is 35.4 Å². The molecule has 2 amide bonds. The summed E-state index contributed by atoms with van der Waals surface area (Å²) in [5.74, 6) is 0.135. The molecule has 142 valence electrons. The molecule has 0 radical (unpaired) electrons. The van der Waals surface area contributed by atoms with E-state index in [1.165, 1.54) is 36.0 Å². The van der Waals surface area contributed by atoms with Crippen molar-refractivity contribution in [1.82, 2.24) is 19.9 Å². The van der Waals surface area contributed by atoms with Crippen molar-refractivity contribution < 1.29 is 19.4 Å². The SMILES string of the molecule is O=C(O)c1sc2nccc3c2c1NC(=O)N3c1ccc(Oc2cncnc2)cn1. The van der Waals surface area contributed by atoms with Crippen molar-refractivity contribution in [2.24, 2.45) is 0 Å². The summed E-state index contributed by atoms with van der Waals surface area (Å²) in [6.45, 7) is 0. The van der Waals surface area contributed by atoms with Crippen molar-refractivity contribution in [2.75, 3.05) is 10.2 Å². The summed E-state index contributed by atoms with van der Waals surface area (Å²) < 4.78 is 5.61. The molecule has 0 aliphatic carbocycles. The van der Waals surface area contributed by atoms with Crippen LogP contribution in [0.1, 0.15) is 9.67 Å². The highest BCUT2D eigenvalue weighted by atomic mass is 32.1. The molecule has 11 heteroatoms. The van der Waals surface area contributed by atoms with Crippen LogP contribution in [0.4, 0.5) is 22.0 Å². The zero-order valence-corrected chi connectivity index (χ0v) is 15.3. The molecule has 0 saturated carbocycles. The number of urea groups is 1. The molecular formula is C18H10N6O4S. The van der Waals surface area contributed by atoms with Crippen LogP contribution in [-0.2, 0) is 0 Å². The predicted molar refractivity (Wildman–Crippen MR) is 104 cm³/mol. The Morgan fingerprint density at radius 3 is 2.66 bits per heavy atom. The molecule has 4 aromatic rings. The number of rotatable bonds is 4. The van der Waals surface area contributed by atoms with E-state index in [2.05, 4.69) is 25.3 Å². The Kier molecular flexibility index (Phi) is 3.81. The fraction of sp³-hybridized carbons (Fsp3) is 0. The van der Waals surface area contributed by atoms with Crippen LogP contribution < -0.4 is 15.0 Å². The molecule has 5 heterocycles. The highest BCUT2D eigenvalue weighted by molar-refractivity contribution is 7.21. The van der Waals surface area contributed by atoms with E-state index in [0.29, 0.717) is 33.2 Å². The molecule has 1 aliphatic rings. The molecule has 5 rings (SSSR count). The van der Waals surface area contributed by atoms with Gasteiger partial charge in [0.25, 0.3) is 0 Å². The van der Waals surface area contributed by atoms with Gasteiger partial charge in [-0.15, -0.1) is 11.3 Å². The van der Waals surface area contributed by atoms with Crippen LogP contribution in [0.25, 0.3) is 10.2 Å². The monoisotopic (exact) mass is 406 g/mol. The van der Waals surface area contributed by atoms with Gasteiger partial charge in [0.1, 0.15) is 27.6 Å². The predicted octanol–water partition coefficient (Wildman–Crippen LogP) is 3.66. The summed E-state index contributed by atoms with van der Waals surface area (Å²) >= 11 is 1.01. The van der Waals surface area contributed by atoms with E-state index in [1.54, 1.807) is 18.2 Å². The lowest BCUT2D eigenvalue weighted by molar-refractivity contribution is 0.0703. The van der Waals surface area contributed by atoms with E-state index < -0.39 is 12.0 Å². The van der Waals surface area contributed by atoms with Crippen LogP contribution >= 0.6 is 11.3 Å². The van der Waals surface area contributed by atoms with Crippen LogP contribution in [0.3, 0.4) is 0 Å². The third kappa shape index (κ3) is 2.80. The standard InChI is InChI=1S/C18H10N6O4S/c25-17(26)15-14-13-11(3-4-21-16(13)29-15)24(18(27)23-14)12-2-1-9(7-22-12)28-10-5-19-8-20-6-10/h1-8H,(H,23,27)(H,25,26). The molecule has 0 saturated heterocycles. The Balaban J connectivity index is 1.54. The molecule has 0 fully saturated rings. The summed E-state index contributed by atoms with van der Waals surface area (Å²) in [4.78, 5) is 42.5. The molecule has 10 nitrogen and oxygen atoms in total. The number of hydrogen-bond acceptors (Lipinski definition) is 8. The maximum Gasteiger partial charge on any atom is 0.348 e. The Hall–Kier alpha value is -4.12. The number of ether oxygens (including phenoxy) is 1. The van der Waals surface area contributed by atoms with Gasteiger partial charge < -0.3 is 15.2 Å². The molecule has 0 aromatic carbocycles. The van der Waals surface area contributed by atoms with E-state index in [0.717, 1.165) is 11.3 Å². The second-order valence-corrected chi connectivity index (χ2v) is 6.91. The highest BCUT2D eigenvalue weighted by Crippen LogP contribution is 2.45. The molecule has 2 N–H and O–H groups in total. The van der Waals surface area contributed by atoms with Gasteiger partial charge in [0.2, 0.25) is 0 Å². The minimum Gasteiger partial charge on any atom is -0.477 e. The third-order valence-electron chi connectivity index (χ3n) is 4.16. The van der Waals surface area contributed by atoms with E-state index in [9.17, 15) is 14.7 Å². The maximum atomic E-state index is 12.8. The number of aromatic nitrogens is 4. The van der Waals surface area contributed by atoms with Crippen LogP contribution in [0.5, 0.6) is 11.5 Å². The van der Waals surface area contributed by atoms with Crippen molar-refractivity contribution in [3.8, 4) is 11.5 Å². The summed E-state index contributed by atoms with van der Waals surface area (Å²) in [6, 6.07) is 4.42. The zero-order chi connectivity index (χ0) is 20.0. The van der Waals surface area contributed by atoms with Gasteiger partial charge in [-0.1, -0.05) is 0 Å². The quantitative estimate of drug-likeness (QED) is 0.525. The lowest BCUT2D eigenvalue weighted by atomic mass is 10.1. The van der Waals surface area contributed by atoms with E-state index >= 15 is 0 Å². The van der Waals surface area contributed by atoms with Crippen LogP contribution in [0.2, 0.25) is 0 Å². The van der Waals surface area contributed by atoms with Gasteiger partial charge in [-0.2, -0.15) is 0 Å². The van der Waals surface area contributed by atoms with Gasteiger partial charge >= 0.3 is 12.0 Å². The Labute approximate surface area is 166 Å². The molecule has 0 unspecified atom stereocenters. The number of carbonyl (C=O) groups is 2. The normalized spacial score (nSPS) is 12.7. The summed E-state index contributed by atoms with van der Waals surface area (Å²) in [6.07, 6.45) is 7.44.